The first-order valence-corrected chi connectivity index (χ1v) is 6.78. The first-order valence-electron chi connectivity index (χ1n) is 6.78. The molecule has 1 aromatic rings. The van der Waals surface area contributed by atoms with Crippen LogP contribution in [0.4, 0.5) is 11.4 Å². The zero-order valence-electron chi connectivity index (χ0n) is 11.3. The van der Waals surface area contributed by atoms with Gasteiger partial charge in [0.05, 0.1) is 32.1 Å². The third-order valence-corrected chi connectivity index (χ3v) is 3.98. The molecule has 0 aliphatic carbocycles. The second-order valence-electron chi connectivity index (χ2n) is 5.14. The van der Waals surface area contributed by atoms with Crippen molar-refractivity contribution in [2.24, 2.45) is 0 Å². The van der Waals surface area contributed by atoms with Crippen molar-refractivity contribution in [1.29, 1.82) is 0 Å². The van der Waals surface area contributed by atoms with Crippen LogP contribution in [0.1, 0.15) is 0 Å². The van der Waals surface area contributed by atoms with E-state index in [4.69, 9.17) is 15.2 Å². The van der Waals surface area contributed by atoms with E-state index in [-0.39, 0.29) is 0 Å². The molecule has 2 fully saturated rings. The van der Waals surface area contributed by atoms with E-state index in [0.29, 0.717) is 6.04 Å². The van der Waals surface area contributed by atoms with Crippen molar-refractivity contribution in [3.63, 3.8) is 0 Å². The first-order chi connectivity index (χ1) is 9.28. The maximum Gasteiger partial charge on any atom is 0.144 e. The summed E-state index contributed by atoms with van der Waals surface area (Å²) in [6.45, 7) is 5.84. The number of benzene rings is 1. The van der Waals surface area contributed by atoms with E-state index in [9.17, 15) is 0 Å². The fourth-order valence-corrected chi connectivity index (χ4v) is 2.92. The van der Waals surface area contributed by atoms with Crippen LogP contribution in [0.15, 0.2) is 18.2 Å². The highest BCUT2D eigenvalue weighted by Gasteiger charge is 2.30. The second kappa shape index (κ2) is 5.27. The van der Waals surface area contributed by atoms with Gasteiger partial charge in [-0.1, -0.05) is 0 Å². The summed E-state index contributed by atoms with van der Waals surface area (Å²) < 4.78 is 11.0. The van der Waals surface area contributed by atoms with Crippen LogP contribution in [-0.2, 0) is 4.74 Å². The Balaban J connectivity index is 1.79. The molecule has 5 nitrogen and oxygen atoms in total. The molecule has 0 amide bonds. The summed E-state index contributed by atoms with van der Waals surface area (Å²) in [4.78, 5) is 4.89. The number of morpholine rings is 1. The minimum absolute atomic E-state index is 0.491. The SMILES string of the molecule is COc1cc(N)ccc1N1CCN2CCOCC2C1. The van der Waals surface area contributed by atoms with Crippen molar-refractivity contribution in [3.05, 3.63) is 18.2 Å². The summed E-state index contributed by atoms with van der Waals surface area (Å²) in [5.74, 6) is 0.852. The van der Waals surface area contributed by atoms with Crippen molar-refractivity contribution >= 4 is 11.4 Å². The van der Waals surface area contributed by atoms with Crippen LogP contribution >= 0.6 is 0 Å². The largest absolute Gasteiger partial charge is 0.495 e. The molecule has 2 aliphatic rings. The van der Waals surface area contributed by atoms with Gasteiger partial charge in [-0.3, -0.25) is 4.90 Å². The van der Waals surface area contributed by atoms with E-state index in [0.717, 1.165) is 56.5 Å². The number of nitrogens with zero attached hydrogens (tertiary/aromatic N) is 2. The van der Waals surface area contributed by atoms with E-state index in [1.54, 1.807) is 7.11 Å². The number of methoxy groups -OCH3 is 1. The quantitative estimate of drug-likeness (QED) is 0.800. The van der Waals surface area contributed by atoms with Crippen LogP contribution in [0.5, 0.6) is 5.75 Å². The van der Waals surface area contributed by atoms with E-state index >= 15 is 0 Å². The van der Waals surface area contributed by atoms with E-state index in [2.05, 4.69) is 9.80 Å². The average Bonchev–Trinajstić information content (AvgIpc) is 2.46. The molecular weight excluding hydrogens is 242 g/mol. The third-order valence-electron chi connectivity index (χ3n) is 3.98. The predicted molar refractivity (Wildman–Crippen MR) is 75.8 cm³/mol. The molecule has 0 saturated carbocycles. The Labute approximate surface area is 113 Å². The van der Waals surface area contributed by atoms with Crippen LogP contribution in [0, 0.1) is 0 Å². The highest BCUT2D eigenvalue weighted by molar-refractivity contribution is 5.64. The Morgan fingerprint density at radius 2 is 2.21 bits per heavy atom. The van der Waals surface area contributed by atoms with Gasteiger partial charge in [0.25, 0.3) is 0 Å². The molecule has 1 aromatic carbocycles. The highest BCUT2D eigenvalue weighted by Crippen LogP contribution is 2.32. The molecule has 19 heavy (non-hydrogen) atoms. The molecule has 0 spiro atoms. The summed E-state index contributed by atoms with van der Waals surface area (Å²) in [6, 6.07) is 6.36. The maximum atomic E-state index is 5.81. The number of hydrogen-bond acceptors (Lipinski definition) is 5. The van der Waals surface area contributed by atoms with Crippen molar-refractivity contribution in [1.82, 2.24) is 4.90 Å². The molecule has 0 aromatic heterocycles. The number of anilines is 2. The summed E-state index contributed by atoms with van der Waals surface area (Å²) in [6.07, 6.45) is 0. The molecule has 3 rings (SSSR count). The van der Waals surface area contributed by atoms with Crippen LogP contribution in [0.3, 0.4) is 0 Å². The minimum atomic E-state index is 0.491. The van der Waals surface area contributed by atoms with Crippen LogP contribution in [0.2, 0.25) is 0 Å². The Hall–Kier alpha value is -1.46. The number of rotatable bonds is 2. The molecule has 104 valence electrons. The van der Waals surface area contributed by atoms with Crippen molar-refractivity contribution in [3.8, 4) is 5.75 Å². The molecule has 0 bridgehead atoms. The van der Waals surface area contributed by atoms with Gasteiger partial charge in [-0.05, 0) is 12.1 Å². The molecule has 2 aliphatic heterocycles. The number of nitrogen functional groups attached to an aromatic ring is 1. The van der Waals surface area contributed by atoms with E-state index in [1.807, 2.05) is 18.2 Å². The van der Waals surface area contributed by atoms with Gasteiger partial charge < -0.3 is 20.1 Å². The maximum absolute atomic E-state index is 5.81. The number of piperazine rings is 1. The van der Waals surface area contributed by atoms with Gasteiger partial charge in [0.15, 0.2) is 0 Å². The molecule has 0 radical (unpaired) electrons. The van der Waals surface area contributed by atoms with Gasteiger partial charge >= 0.3 is 0 Å². The third kappa shape index (κ3) is 2.48. The average molecular weight is 263 g/mol. The Morgan fingerprint density at radius 1 is 1.32 bits per heavy atom. The molecule has 5 heteroatoms. The predicted octanol–water partition coefficient (Wildman–Crippen LogP) is 0.798. The van der Waals surface area contributed by atoms with Gasteiger partial charge in [-0.2, -0.15) is 0 Å². The van der Waals surface area contributed by atoms with Crippen molar-refractivity contribution in [2.45, 2.75) is 6.04 Å². The molecule has 2 heterocycles. The molecule has 2 saturated heterocycles. The number of nitrogens with two attached hydrogens (primary N) is 1. The molecule has 2 N–H and O–H groups in total. The topological polar surface area (TPSA) is 51.0 Å². The van der Waals surface area contributed by atoms with E-state index in [1.165, 1.54) is 0 Å². The highest BCUT2D eigenvalue weighted by atomic mass is 16.5. The summed E-state index contributed by atoms with van der Waals surface area (Å²) >= 11 is 0. The van der Waals surface area contributed by atoms with Crippen LogP contribution in [-0.4, -0.2) is 57.4 Å². The fourth-order valence-electron chi connectivity index (χ4n) is 2.92. The lowest BCUT2D eigenvalue weighted by atomic mass is 10.1. The smallest absolute Gasteiger partial charge is 0.144 e. The summed E-state index contributed by atoms with van der Waals surface area (Å²) in [5, 5.41) is 0. The first kappa shape index (κ1) is 12.6. The van der Waals surface area contributed by atoms with Gasteiger partial charge in [-0.25, -0.2) is 0 Å². The zero-order valence-corrected chi connectivity index (χ0v) is 11.3. The van der Waals surface area contributed by atoms with Gasteiger partial charge in [0.2, 0.25) is 0 Å². The second-order valence-corrected chi connectivity index (χ2v) is 5.14. The number of hydrogen-bond donors (Lipinski definition) is 1. The van der Waals surface area contributed by atoms with Gasteiger partial charge in [0.1, 0.15) is 5.75 Å². The molecule has 1 unspecified atom stereocenters. The van der Waals surface area contributed by atoms with Crippen LogP contribution in [0.25, 0.3) is 0 Å². The Bertz CT molecular complexity index is 452. The lowest BCUT2D eigenvalue weighted by Crippen LogP contribution is -2.58. The van der Waals surface area contributed by atoms with Crippen LogP contribution < -0.4 is 15.4 Å². The lowest BCUT2D eigenvalue weighted by molar-refractivity contribution is -0.0117. The Morgan fingerprint density at radius 3 is 3.05 bits per heavy atom. The zero-order chi connectivity index (χ0) is 13.2. The number of fused-ring (bicyclic) bond motifs is 1. The van der Waals surface area contributed by atoms with Gasteiger partial charge in [-0.15, -0.1) is 0 Å². The fraction of sp³-hybridized carbons (Fsp3) is 0.571. The monoisotopic (exact) mass is 263 g/mol. The van der Waals surface area contributed by atoms with Crippen molar-refractivity contribution < 1.29 is 9.47 Å². The molecular formula is C14H21N3O2. The lowest BCUT2D eigenvalue weighted by Gasteiger charge is -2.44. The molecule has 1 atom stereocenters. The minimum Gasteiger partial charge on any atom is -0.495 e. The van der Waals surface area contributed by atoms with E-state index < -0.39 is 0 Å². The summed E-state index contributed by atoms with van der Waals surface area (Å²) in [5.41, 5.74) is 7.68. The van der Waals surface area contributed by atoms with Crippen molar-refractivity contribution in [2.75, 3.05) is 57.1 Å². The normalized spacial score (nSPS) is 24.1. The Kier molecular flexibility index (Phi) is 3.48. The standard InChI is InChI=1S/C14H21N3O2/c1-18-14-8-11(15)2-3-13(14)17-5-4-16-6-7-19-10-12(16)9-17/h2-3,8,12H,4-7,9-10,15H2,1H3. The van der Waals surface area contributed by atoms with Gasteiger partial charge in [0, 0.05) is 37.9 Å². The number of ether oxygens (including phenoxy) is 2. The summed E-state index contributed by atoms with van der Waals surface area (Å²) in [7, 11) is 1.69.